The third-order valence-corrected chi connectivity index (χ3v) is 3.61. The molecule has 0 saturated heterocycles. The molecule has 4 amide bonds. The minimum atomic E-state index is -1.28. The molecule has 1 heterocycles. The maximum absolute atomic E-state index is 12.3. The molecule has 128 valence electrons. The van der Waals surface area contributed by atoms with Crippen LogP contribution < -0.4 is 10.6 Å². The minimum absolute atomic E-state index is 0.105. The summed E-state index contributed by atoms with van der Waals surface area (Å²) in [6.45, 7) is 0.0426. The summed E-state index contributed by atoms with van der Waals surface area (Å²) in [5.41, 5.74) is 0.591. The SMILES string of the molecule is O=C(O)NCCC[C@H](CN1C(=O)c2ccccc2C1=O)NC(=O)O. The second-order valence-electron chi connectivity index (χ2n) is 5.29. The number of nitrogens with one attached hydrogen (secondary N) is 2. The fourth-order valence-corrected chi connectivity index (χ4v) is 2.55. The number of amides is 4. The molecular weight excluding hydrogens is 318 g/mol. The molecule has 24 heavy (non-hydrogen) atoms. The lowest BCUT2D eigenvalue weighted by atomic mass is 10.1. The van der Waals surface area contributed by atoms with E-state index in [1.54, 1.807) is 24.3 Å². The molecular formula is C15H17N3O6. The average Bonchev–Trinajstić information content (AvgIpc) is 2.76. The number of nitrogens with zero attached hydrogens (tertiary/aromatic N) is 1. The van der Waals surface area contributed by atoms with Crippen LogP contribution in [0.1, 0.15) is 33.6 Å². The summed E-state index contributed by atoms with van der Waals surface area (Å²) in [5, 5.41) is 21.8. The summed E-state index contributed by atoms with van der Waals surface area (Å²) in [6, 6.07) is 5.72. The van der Waals surface area contributed by atoms with Crippen molar-refractivity contribution in [3.63, 3.8) is 0 Å². The Morgan fingerprint density at radius 3 is 2.12 bits per heavy atom. The third kappa shape index (κ3) is 4.00. The quantitative estimate of drug-likeness (QED) is 0.433. The maximum atomic E-state index is 12.3. The van der Waals surface area contributed by atoms with Crippen LogP contribution in [-0.4, -0.2) is 58.2 Å². The number of carboxylic acid groups (broad SMARTS) is 2. The normalized spacial score (nSPS) is 14.2. The van der Waals surface area contributed by atoms with E-state index >= 15 is 0 Å². The fourth-order valence-electron chi connectivity index (χ4n) is 2.55. The molecule has 0 unspecified atom stereocenters. The monoisotopic (exact) mass is 335 g/mol. The van der Waals surface area contributed by atoms with Crippen molar-refractivity contribution in [2.45, 2.75) is 18.9 Å². The van der Waals surface area contributed by atoms with E-state index in [4.69, 9.17) is 10.2 Å². The molecule has 0 aromatic heterocycles. The molecule has 9 heteroatoms. The zero-order valence-electron chi connectivity index (χ0n) is 12.7. The highest BCUT2D eigenvalue weighted by atomic mass is 16.4. The van der Waals surface area contributed by atoms with Crippen LogP contribution in [-0.2, 0) is 0 Å². The van der Waals surface area contributed by atoms with Crippen LogP contribution >= 0.6 is 0 Å². The summed E-state index contributed by atoms with van der Waals surface area (Å²) in [5.74, 6) is -0.923. The Kier molecular flexibility index (Phi) is 5.35. The largest absolute Gasteiger partial charge is 0.465 e. The van der Waals surface area contributed by atoms with E-state index in [1.807, 2.05) is 0 Å². The Balaban J connectivity index is 2.01. The van der Waals surface area contributed by atoms with Crippen LogP contribution in [0.25, 0.3) is 0 Å². The maximum Gasteiger partial charge on any atom is 0.404 e. The molecule has 1 aliphatic rings. The van der Waals surface area contributed by atoms with Gasteiger partial charge in [-0.3, -0.25) is 14.5 Å². The van der Waals surface area contributed by atoms with Crippen molar-refractivity contribution in [2.75, 3.05) is 13.1 Å². The summed E-state index contributed by atoms with van der Waals surface area (Å²) < 4.78 is 0. The predicted molar refractivity (Wildman–Crippen MR) is 82.0 cm³/mol. The topological polar surface area (TPSA) is 136 Å². The summed E-state index contributed by atoms with van der Waals surface area (Å²) in [6.07, 6.45) is -1.80. The summed E-state index contributed by atoms with van der Waals surface area (Å²) in [7, 11) is 0. The molecule has 1 aromatic carbocycles. The lowest BCUT2D eigenvalue weighted by Crippen LogP contribution is -2.45. The van der Waals surface area contributed by atoms with Crippen LogP contribution in [0.3, 0.4) is 0 Å². The van der Waals surface area contributed by atoms with Gasteiger partial charge in [0.25, 0.3) is 11.8 Å². The van der Waals surface area contributed by atoms with E-state index in [-0.39, 0.29) is 19.5 Å². The molecule has 9 nitrogen and oxygen atoms in total. The van der Waals surface area contributed by atoms with Gasteiger partial charge in [0.05, 0.1) is 17.2 Å². The Morgan fingerprint density at radius 2 is 1.62 bits per heavy atom. The van der Waals surface area contributed by atoms with E-state index in [0.29, 0.717) is 17.5 Å². The minimum Gasteiger partial charge on any atom is -0.465 e. The zero-order chi connectivity index (χ0) is 17.7. The number of benzene rings is 1. The van der Waals surface area contributed by atoms with Gasteiger partial charge in [0.1, 0.15) is 0 Å². The van der Waals surface area contributed by atoms with Gasteiger partial charge >= 0.3 is 12.2 Å². The molecule has 0 fully saturated rings. The molecule has 0 spiro atoms. The fraction of sp³-hybridized carbons (Fsp3) is 0.333. The molecule has 0 saturated carbocycles. The van der Waals surface area contributed by atoms with E-state index in [0.717, 1.165) is 4.90 Å². The average molecular weight is 335 g/mol. The molecule has 0 radical (unpaired) electrons. The number of imide groups is 1. The third-order valence-electron chi connectivity index (χ3n) is 3.61. The number of hydrogen-bond donors (Lipinski definition) is 4. The summed E-state index contributed by atoms with van der Waals surface area (Å²) in [4.78, 5) is 46.9. The number of carbonyl (C=O) groups excluding carboxylic acids is 2. The summed E-state index contributed by atoms with van der Waals surface area (Å²) >= 11 is 0. The highest BCUT2D eigenvalue weighted by Crippen LogP contribution is 2.22. The van der Waals surface area contributed by atoms with Crippen LogP contribution in [0, 0.1) is 0 Å². The highest BCUT2D eigenvalue weighted by molar-refractivity contribution is 6.21. The molecule has 1 aromatic rings. The Hall–Kier alpha value is -3.10. The van der Waals surface area contributed by atoms with Crippen molar-refractivity contribution in [1.82, 2.24) is 15.5 Å². The number of carbonyl (C=O) groups is 4. The van der Waals surface area contributed by atoms with Gasteiger partial charge < -0.3 is 20.8 Å². The van der Waals surface area contributed by atoms with Gasteiger partial charge in [-0.2, -0.15) is 0 Å². The zero-order valence-corrected chi connectivity index (χ0v) is 12.7. The highest BCUT2D eigenvalue weighted by Gasteiger charge is 2.36. The van der Waals surface area contributed by atoms with Gasteiger partial charge in [-0.05, 0) is 25.0 Å². The van der Waals surface area contributed by atoms with E-state index in [2.05, 4.69) is 10.6 Å². The number of fused-ring (bicyclic) bond motifs is 1. The van der Waals surface area contributed by atoms with Crippen LogP contribution in [0.15, 0.2) is 24.3 Å². The molecule has 0 aliphatic carbocycles. The molecule has 1 atom stereocenters. The van der Waals surface area contributed by atoms with Crippen molar-refractivity contribution >= 4 is 24.0 Å². The van der Waals surface area contributed by atoms with Gasteiger partial charge in [-0.1, -0.05) is 12.1 Å². The lowest BCUT2D eigenvalue weighted by molar-refractivity contribution is 0.0634. The number of hydrogen-bond acceptors (Lipinski definition) is 4. The van der Waals surface area contributed by atoms with Gasteiger partial charge in [0.15, 0.2) is 0 Å². The molecule has 1 aliphatic heterocycles. The van der Waals surface area contributed by atoms with Gasteiger partial charge in [0.2, 0.25) is 0 Å². The first-order valence-corrected chi connectivity index (χ1v) is 7.31. The van der Waals surface area contributed by atoms with Crippen molar-refractivity contribution in [3.05, 3.63) is 35.4 Å². The van der Waals surface area contributed by atoms with E-state index in [9.17, 15) is 19.2 Å². The standard InChI is InChI=1S/C15H17N3O6/c19-12-10-5-1-2-6-11(10)13(20)18(12)8-9(17-15(23)24)4-3-7-16-14(21)22/h1-2,5-6,9,16-17H,3-4,7-8H2,(H,21,22)(H,23,24)/t9-/m1/s1. The van der Waals surface area contributed by atoms with E-state index in [1.165, 1.54) is 0 Å². The predicted octanol–water partition coefficient (Wildman–Crippen LogP) is 0.967. The van der Waals surface area contributed by atoms with E-state index < -0.39 is 30.0 Å². The van der Waals surface area contributed by atoms with Gasteiger partial charge in [0, 0.05) is 13.1 Å². The van der Waals surface area contributed by atoms with Crippen molar-refractivity contribution in [2.24, 2.45) is 0 Å². The van der Waals surface area contributed by atoms with Crippen LogP contribution in [0.2, 0.25) is 0 Å². The number of rotatable bonds is 7. The second kappa shape index (κ2) is 7.44. The molecule has 0 bridgehead atoms. The molecule has 4 N–H and O–H groups in total. The Morgan fingerprint density at radius 1 is 1.04 bits per heavy atom. The first-order valence-electron chi connectivity index (χ1n) is 7.31. The van der Waals surface area contributed by atoms with Crippen LogP contribution in [0.5, 0.6) is 0 Å². The first-order chi connectivity index (χ1) is 11.4. The second-order valence-corrected chi connectivity index (χ2v) is 5.29. The smallest absolute Gasteiger partial charge is 0.404 e. The van der Waals surface area contributed by atoms with Gasteiger partial charge in [-0.25, -0.2) is 9.59 Å². The van der Waals surface area contributed by atoms with Crippen LogP contribution in [0.4, 0.5) is 9.59 Å². The lowest BCUT2D eigenvalue weighted by Gasteiger charge is -2.22. The van der Waals surface area contributed by atoms with Crippen molar-refractivity contribution in [3.8, 4) is 0 Å². The van der Waals surface area contributed by atoms with Crippen molar-refractivity contribution < 1.29 is 29.4 Å². The molecule has 2 rings (SSSR count). The first kappa shape index (κ1) is 17.3. The van der Waals surface area contributed by atoms with Crippen molar-refractivity contribution in [1.29, 1.82) is 0 Å². The van der Waals surface area contributed by atoms with Gasteiger partial charge in [-0.15, -0.1) is 0 Å². The Labute approximate surface area is 137 Å². The Bertz CT molecular complexity index is 640.